The van der Waals surface area contributed by atoms with Crippen LogP contribution in [0.3, 0.4) is 0 Å². The quantitative estimate of drug-likeness (QED) is 0.298. The Bertz CT molecular complexity index is 1080. The summed E-state index contributed by atoms with van der Waals surface area (Å²) in [6, 6.07) is 6.70. The van der Waals surface area contributed by atoms with E-state index >= 15 is 4.39 Å². The lowest BCUT2D eigenvalue weighted by Crippen LogP contribution is -2.40. The SMILES string of the molecule is CC1(C)CC[N+](=C2CCCN(c3cc(Cl)c(SOC(=O)Nc4ccccn4)c(F)c3Cl)C2)C1. The third-order valence-corrected chi connectivity index (χ3v) is 7.50. The fourth-order valence-electron chi connectivity index (χ4n) is 4.21. The van der Waals surface area contributed by atoms with Crippen molar-refractivity contribution in [2.24, 2.45) is 5.41 Å². The molecule has 4 rings (SSSR count). The number of carbonyl (C=O) groups excluding carboxylic acids is 1. The van der Waals surface area contributed by atoms with Gasteiger partial charge in [-0.25, -0.2) is 18.7 Å². The van der Waals surface area contributed by atoms with E-state index < -0.39 is 11.9 Å². The molecule has 1 amide bonds. The number of rotatable bonds is 4. The van der Waals surface area contributed by atoms with E-state index in [9.17, 15) is 4.79 Å². The van der Waals surface area contributed by atoms with E-state index in [1.807, 2.05) is 0 Å². The summed E-state index contributed by atoms with van der Waals surface area (Å²) in [7, 11) is 0. The van der Waals surface area contributed by atoms with Gasteiger partial charge in [-0.3, -0.25) is 5.32 Å². The molecule has 0 aliphatic carbocycles. The predicted octanol–water partition coefficient (Wildman–Crippen LogP) is 6.27. The van der Waals surface area contributed by atoms with Gasteiger partial charge < -0.3 is 9.08 Å². The Balaban J connectivity index is 1.47. The number of amides is 1. The molecule has 2 aliphatic heterocycles. The highest BCUT2D eigenvalue weighted by Crippen LogP contribution is 2.41. The van der Waals surface area contributed by atoms with Crippen LogP contribution in [-0.4, -0.2) is 47.5 Å². The van der Waals surface area contributed by atoms with E-state index in [1.165, 1.54) is 11.9 Å². The highest BCUT2D eigenvalue weighted by atomic mass is 35.5. The lowest BCUT2D eigenvalue weighted by molar-refractivity contribution is -0.513. The van der Waals surface area contributed by atoms with E-state index in [2.05, 4.69) is 33.6 Å². The van der Waals surface area contributed by atoms with Crippen molar-refractivity contribution in [3.05, 3.63) is 46.3 Å². The molecule has 0 radical (unpaired) electrons. The zero-order valence-electron chi connectivity index (χ0n) is 18.5. The smallest absolute Gasteiger partial charge is 0.369 e. The van der Waals surface area contributed by atoms with Gasteiger partial charge in [0.05, 0.1) is 17.3 Å². The Morgan fingerprint density at radius 3 is 2.88 bits per heavy atom. The van der Waals surface area contributed by atoms with Crippen molar-refractivity contribution in [2.75, 3.05) is 36.4 Å². The number of carbonyl (C=O) groups is 1. The molecule has 0 bridgehead atoms. The number of hydrogen-bond donors (Lipinski definition) is 1. The first-order valence-electron chi connectivity index (χ1n) is 10.8. The zero-order chi connectivity index (χ0) is 23.6. The van der Waals surface area contributed by atoms with Gasteiger partial charge >= 0.3 is 6.09 Å². The summed E-state index contributed by atoms with van der Waals surface area (Å²) in [4.78, 5) is 18.0. The monoisotopic (exact) mass is 511 g/mol. The minimum atomic E-state index is -0.793. The van der Waals surface area contributed by atoms with Crippen molar-refractivity contribution in [3.63, 3.8) is 0 Å². The van der Waals surface area contributed by atoms with Crippen LogP contribution in [0.15, 0.2) is 35.4 Å². The summed E-state index contributed by atoms with van der Waals surface area (Å²) >= 11 is 13.3. The lowest BCUT2D eigenvalue weighted by atomic mass is 9.93. The Kier molecular flexibility index (Phi) is 7.36. The maximum Gasteiger partial charge on any atom is 0.425 e. The van der Waals surface area contributed by atoms with Crippen molar-refractivity contribution < 1.29 is 17.9 Å². The van der Waals surface area contributed by atoms with E-state index in [0.717, 1.165) is 38.9 Å². The molecule has 0 spiro atoms. The van der Waals surface area contributed by atoms with Gasteiger partial charge in [-0.2, -0.15) is 0 Å². The van der Waals surface area contributed by atoms with Gasteiger partial charge in [-0.1, -0.05) is 43.1 Å². The summed E-state index contributed by atoms with van der Waals surface area (Å²) in [6.45, 7) is 8.12. The molecule has 176 valence electrons. The third kappa shape index (κ3) is 5.73. The molecule has 2 fully saturated rings. The average Bonchev–Trinajstić information content (AvgIpc) is 3.16. The molecule has 2 saturated heterocycles. The zero-order valence-corrected chi connectivity index (χ0v) is 20.9. The predicted molar refractivity (Wildman–Crippen MR) is 131 cm³/mol. The van der Waals surface area contributed by atoms with Crippen LogP contribution in [0.25, 0.3) is 0 Å². The fourth-order valence-corrected chi connectivity index (χ4v) is 5.33. The van der Waals surface area contributed by atoms with Gasteiger partial charge in [0, 0.05) is 31.0 Å². The minimum absolute atomic E-state index is 0.0290. The molecule has 6 nitrogen and oxygen atoms in total. The number of anilines is 2. The maximum absolute atomic E-state index is 15.1. The maximum atomic E-state index is 15.1. The number of halogens is 3. The summed E-state index contributed by atoms with van der Waals surface area (Å²) in [5.41, 5.74) is 2.22. The number of nitrogens with zero attached hydrogens (tertiary/aromatic N) is 3. The van der Waals surface area contributed by atoms with Crippen molar-refractivity contribution in [2.45, 2.75) is 38.0 Å². The van der Waals surface area contributed by atoms with E-state index in [0.29, 0.717) is 35.5 Å². The number of hydrogen-bond acceptors (Lipinski definition) is 5. The minimum Gasteiger partial charge on any atom is -0.369 e. The van der Waals surface area contributed by atoms with Crippen LogP contribution in [-0.2, 0) is 4.18 Å². The highest BCUT2D eigenvalue weighted by molar-refractivity contribution is 7.95. The third-order valence-electron chi connectivity index (χ3n) is 5.93. The molecule has 10 heteroatoms. The number of aromatic nitrogens is 1. The van der Waals surface area contributed by atoms with Gasteiger partial charge in [0.1, 0.15) is 40.9 Å². The fraction of sp³-hybridized carbons (Fsp3) is 0.435. The molecular formula is C23H26Cl2FN4O2S+. The topological polar surface area (TPSA) is 57.5 Å². The molecule has 3 heterocycles. The first kappa shape index (κ1) is 24.1. The summed E-state index contributed by atoms with van der Waals surface area (Å²) in [6.07, 6.45) is 3.91. The number of piperidine rings is 1. The molecular weight excluding hydrogens is 486 g/mol. The molecule has 0 saturated carbocycles. The summed E-state index contributed by atoms with van der Waals surface area (Å²) < 4.78 is 22.7. The normalized spacial score (nSPS) is 20.1. The van der Waals surface area contributed by atoms with Crippen LogP contribution in [0.1, 0.15) is 33.1 Å². The van der Waals surface area contributed by atoms with Crippen LogP contribution in [0.2, 0.25) is 10.0 Å². The van der Waals surface area contributed by atoms with E-state index in [1.54, 1.807) is 24.3 Å². The second-order valence-electron chi connectivity index (χ2n) is 9.06. The molecule has 1 aromatic heterocycles. The van der Waals surface area contributed by atoms with Gasteiger partial charge in [-0.15, -0.1) is 0 Å². The molecule has 2 aromatic rings. The van der Waals surface area contributed by atoms with E-state index in [4.69, 9.17) is 27.4 Å². The van der Waals surface area contributed by atoms with Crippen LogP contribution >= 0.6 is 35.2 Å². The van der Waals surface area contributed by atoms with Crippen molar-refractivity contribution >= 4 is 58.6 Å². The second kappa shape index (κ2) is 10.1. The molecule has 1 N–H and O–H groups in total. The highest BCUT2D eigenvalue weighted by Gasteiger charge is 2.36. The van der Waals surface area contributed by atoms with E-state index in [-0.39, 0.29) is 14.9 Å². The van der Waals surface area contributed by atoms with Crippen molar-refractivity contribution in [1.82, 2.24) is 4.98 Å². The Morgan fingerprint density at radius 2 is 2.18 bits per heavy atom. The Labute approximate surface area is 207 Å². The largest absolute Gasteiger partial charge is 0.425 e. The van der Waals surface area contributed by atoms with Gasteiger partial charge in [-0.05, 0) is 24.6 Å². The first-order chi connectivity index (χ1) is 15.7. The van der Waals surface area contributed by atoms with Gasteiger partial charge in [0.25, 0.3) is 0 Å². The lowest BCUT2D eigenvalue weighted by Gasteiger charge is -2.30. The van der Waals surface area contributed by atoms with Crippen LogP contribution in [0.4, 0.5) is 20.7 Å². The molecule has 0 unspecified atom stereocenters. The number of nitrogens with one attached hydrogen (secondary N) is 1. The van der Waals surface area contributed by atoms with Crippen LogP contribution in [0, 0.1) is 11.2 Å². The van der Waals surface area contributed by atoms with Crippen molar-refractivity contribution in [1.29, 1.82) is 0 Å². The standard InChI is InChI=1S/C23H25Cl2FN4O2S/c1-23(2)8-11-30(14-23)15-6-5-10-29(13-15)17-12-16(24)21(20(26)19(17)25)33-32-22(31)28-18-7-3-4-9-27-18/h3-4,7,9,12H,5-6,8,10-11,13-14H2,1-2H3/p+1. The van der Waals surface area contributed by atoms with Crippen molar-refractivity contribution in [3.8, 4) is 0 Å². The van der Waals surface area contributed by atoms with Crippen LogP contribution < -0.4 is 10.2 Å². The Hall–Kier alpha value is -2.03. The van der Waals surface area contributed by atoms with Gasteiger partial charge in [0.15, 0.2) is 11.5 Å². The number of benzene rings is 1. The summed E-state index contributed by atoms with van der Waals surface area (Å²) in [5.74, 6) is -0.383. The number of pyridine rings is 1. The molecule has 2 aliphatic rings. The second-order valence-corrected chi connectivity index (χ2v) is 10.6. The van der Waals surface area contributed by atoms with Crippen LogP contribution in [0.5, 0.6) is 0 Å². The molecule has 33 heavy (non-hydrogen) atoms. The molecule has 1 aromatic carbocycles. The summed E-state index contributed by atoms with van der Waals surface area (Å²) in [5, 5.41) is 2.57. The molecule has 0 atom stereocenters. The first-order valence-corrected chi connectivity index (χ1v) is 12.3. The Morgan fingerprint density at radius 1 is 1.36 bits per heavy atom. The van der Waals surface area contributed by atoms with Gasteiger partial charge in [0.2, 0.25) is 0 Å². The average molecular weight is 512 g/mol.